The summed E-state index contributed by atoms with van der Waals surface area (Å²) in [5, 5.41) is 10.5. The third kappa shape index (κ3) is 6.70. The Balaban J connectivity index is 1.60. The summed E-state index contributed by atoms with van der Waals surface area (Å²) in [7, 11) is -1.98. The number of fused-ring (bicyclic) bond motifs is 1. The van der Waals surface area contributed by atoms with E-state index in [2.05, 4.69) is 27.8 Å². The quantitative estimate of drug-likeness (QED) is 0.394. The summed E-state index contributed by atoms with van der Waals surface area (Å²) in [5.74, 6) is 6.08. The minimum Gasteiger partial charge on any atom is -0.495 e. The number of rotatable bonds is 7. The van der Waals surface area contributed by atoms with Crippen LogP contribution in [0.2, 0.25) is 0 Å². The number of methoxy groups -OCH3 is 1. The van der Waals surface area contributed by atoms with Gasteiger partial charge in [0.05, 0.1) is 35.4 Å². The highest BCUT2D eigenvalue weighted by atomic mass is 32.2. The Kier molecular flexibility index (Phi) is 7.90. The van der Waals surface area contributed by atoms with Crippen molar-refractivity contribution in [2.45, 2.75) is 36.5 Å². The number of ether oxygens (including phenoxy) is 1. The molecule has 0 aliphatic carbocycles. The fraction of sp³-hybridized carbons (Fsp3) is 0.385. The molecule has 0 bridgehead atoms. The lowest BCUT2D eigenvalue weighted by Crippen LogP contribution is -2.35. The monoisotopic (exact) mass is 534 g/mol. The number of piperidine rings is 1. The van der Waals surface area contributed by atoms with Gasteiger partial charge in [0.15, 0.2) is 9.84 Å². The zero-order valence-corrected chi connectivity index (χ0v) is 21.4. The van der Waals surface area contributed by atoms with Gasteiger partial charge in [0.1, 0.15) is 12.3 Å². The molecule has 0 atom stereocenters. The van der Waals surface area contributed by atoms with Gasteiger partial charge >= 0.3 is 6.18 Å². The molecule has 2 aromatic carbocycles. The zero-order valence-electron chi connectivity index (χ0n) is 20.6. The van der Waals surface area contributed by atoms with Crippen molar-refractivity contribution in [3.63, 3.8) is 0 Å². The third-order valence-corrected chi connectivity index (χ3v) is 7.28. The molecule has 3 aromatic rings. The van der Waals surface area contributed by atoms with Gasteiger partial charge in [0, 0.05) is 29.4 Å². The van der Waals surface area contributed by atoms with Crippen LogP contribution in [0, 0.1) is 11.8 Å². The summed E-state index contributed by atoms with van der Waals surface area (Å²) >= 11 is 0. The van der Waals surface area contributed by atoms with Gasteiger partial charge < -0.3 is 25.3 Å². The second-order valence-corrected chi connectivity index (χ2v) is 10.9. The summed E-state index contributed by atoms with van der Waals surface area (Å²) in [6.45, 7) is 0.760. The Hall–Kier alpha value is -3.36. The maximum Gasteiger partial charge on any atom is 0.406 e. The Bertz CT molecular complexity index is 1430. The molecular weight excluding hydrogens is 505 g/mol. The largest absolute Gasteiger partial charge is 0.495 e. The van der Waals surface area contributed by atoms with Gasteiger partial charge in [0.2, 0.25) is 0 Å². The van der Waals surface area contributed by atoms with Crippen LogP contribution in [-0.2, 0) is 16.4 Å². The van der Waals surface area contributed by atoms with Crippen molar-refractivity contribution in [1.29, 1.82) is 0 Å². The van der Waals surface area contributed by atoms with Crippen LogP contribution in [-0.4, -0.2) is 58.2 Å². The second-order valence-electron chi connectivity index (χ2n) is 8.93. The van der Waals surface area contributed by atoms with Crippen molar-refractivity contribution in [3.05, 3.63) is 48.2 Å². The van der Waals surface area contributed by atoms with Crippen LogP contribution in [0.25, 0.3) is 10.9 Å². The highest BCUT2D eigenvalue weighted by Gasteiger charge is 2.30. The smallest absolute Gasteiger partial charge is 0.406 e. The second kappa shape index (κ2) is 10.9. The van der Waals surface area contributed by atoms with Crippen molar-refractivity contribution >= 4 is 32.1 Å². The van der Waals surface area contributed by atoms with Gasteiger partial charge in [-0.3, -0.25) is 0 Å². The first-order chi connectivity index (χ1) is 17.5. The van der Waals surface area contributed by atoms with Crippen LogP contribution in [0.4, 0.5) is 24.5 Å². The van der Waals surface area contributed by atoms with E-state index in [1.165, 1.54) is 23.8 Å². The summed E-state index contributed by atoms with van der Waals surface area (Å²) in [5.41, 5.74) is 2.04. The molecule has 0 saturated carbocycles. The molecule has 0 radical (unpaired) electrons. The highest BCUT2D eigenvalue weighted by Crippen LogP contribution is 2.31. The van der Waals surface area contributed by atoms with Crippen LogP contribution in [0.3, 0.4) is 0 Å². The van der Waals surface area contributed by atoms with Crippen molar-refractivity contribution in [1.82, 2.24) is 9.88 Å². The number of aromatic nitrogens is 1. The molecule has 3 N–H and O–H groups in total. The third-order valence-electron chi connectivity index (χ3n) is 6.17. The normalized spacial score (nSPS) is 14.7. The standard InChI is InChI=1S/C26H29F3N4O3S/c1-36-25-16-20(37(2,34)35)8-9-23(25)31-12-4-5-19-15-21-22(32-18-10-13-30-14-11-18)6-3-7-24(21)33(19)17-26(27,28)29/h3,6-9,15-16,18,30-32H,10-14,17H2,1-2H3. The molecule has 198 valence electrons. The lowest BCUT2D eigenvalue weighted by Gasteiger charge is -2.25. The predicted octanol–water partition coefficient (Wildman–Crippen LogP) is 4.24. The van der Waals surface area contributed by atoms with Crippen LogP contribution >= 0.6 is 0 Å². The average Bonchev–Trinajstić information content (AvgIpc) is 3.18. The molecule has 0 amide bonds. The number of anilines is 2. The fourth-order valence-corrected chi connectivity index (χ4v) is 5.01. The Morgan fingerprint density at radius 1 is 1.14 bits per heavy atom. The van der Waals surface area contributed by atoms with Crippen molar-refractivity contribution in [3.8, 4) is 17.6 Å². The number of alkyl halides is 3. The first-order valence-corrected chi connectivity index (χ1v) is 13.7. The van der Waals surface area contributed by atoms with E-state index in [9.17, 15) is 21.6 Å². The van der Waals surface area contributed by atoms with Crippen LogP contribution < -0.4 is 20.7 Å². The van der Waals surface area contributed by atoms with E-state index in [1.54, 1.807) is 24.3 Å². The molecule has 1 aromatic heterocycles. The average molecular weight is 535 g/mol. The summed E-state index contributed by atoms with van der Waals surface area (Å²) in [4.78, 5) is 0.117. The molecular formula is C26H29F3N4O3S. The summed E-state index contributed by atoms with van der Waals surface area (Å²) < 4.78 is 70.4. The minimum absolute atomic E-state index is 0.113. The molecule has 0 spiro atoms. The number of hydrogen-bond donors (Lipinski definition) is 3. The Labute approximate surface area is 214 Å². The molecule has 0 unspecified atom stereocenters. The topological polar surface area (TPSA) is 84.4 Å². The number of nitrogens with zero attached hydrogens (tertiary/aromatic N) is 1. The minimum atomic E-state index is -4.41. The predicted molar refractivity (Wildman–Crippen MR) is 139 cm³/mol. The van der Waals surface area contributed by atoms with Crippen LogP contribution in [0.15, 0.2) is 47.4 Å². The van der Waals surface area contributed by atoms with Crippen molar-refractivity contribution < 1.29 is 26.3 Å². The number of nitrogens with one attached hydrogen (secondary N) is 3. The summed E-state index contributed by atoms with van der Waals surface area (Å²) in [6, 6.07) is 11.7. The van der Waals surface area contributed by atoms with Gasteiger partial charge in [-0.05, 0) is 62.2 Å². The number of hydrogen-bond acceptors (Lipinski definition) is 6. The first kappa shape index (κ1) is 26.7. The molecule has 11 heteroatoms. The molecule has 1 aliphatic rings. The van der Waals surface area contributed by atoms with Crippen LogP contribution in [0.5, 0.6) is 5.75 Å². The summed E-state index contributed by atoms with van der Waals surface area (Å²) in [6.07, 6.45) is -1.43. The molecule has 2 heterocycles. The maximum atomic E-state index is 13.4. The molecule has 1 saturated heterocycles. The van der Waals surface area contributed by atoms with Crippen molar-refractivity contribution in [2.75, 3.05) is 43.6 Å². The maximum absolute atomic E-state index is 13.4. The van der Waals surface area contributed by atoms with E-state index >= 15 is 0 Å². The lowest BCUT2D eigenvalue weighted by atomic mass is 10.1. The molecule has 4 rings (SSSR count). The van der Waals surface area contributed by atoms with Crippen LogP contribution in [0.1, 0.15) is 18.5 Å². The van der Waals surface area contributed by atoms with Gasteiger partial charge in [-0.25, -0.2) is 8.42 Å². The van der Waals surface area contributed by atoms with Crippen molar-refractivity contribution in [2.24, 2.45) is 0 Å². The Morgan fingerprint density at radius 2 is 1.89 bits per heavy atom. The molecule has 7 nitrogen and oxygen atoms in total. The number of halogens is 3. The molecule has 1 aliphatic heterocycles. The van der Waals surface area contributed by atoms with Gasteiger partial charge in [-0.15, -0.1) is 0 Å². The van der Waals surface area contributed by atoms with E-state index in [0.29, 0.717) is 22.3 Å². The lowest BCUT2D eigenvalue weighted by molar-refractivity contribution is -0.140. The first-order valence-electron chi connectivity index (χ1n) is 11.8. The SMILES string of the molecule is COc1cc(S(C)(=O)=O)ccc1NCC#Cc1cc2c(NC3CCNCC3)cccc2n1CC(F)(F)F. The molecule has 37 heavy (non-hydrogen) atoms. The fourth-order valence-electron chi connectivity index (χ4n) is 4.37. The zero-order chi connectivity index (χ0) is 26.6. The van der Waals surface area contributed by atoms with E-state index in [1.807, 2.05) is 6.07 Å². The number of sulfone groups is 1. The van der Waals surface area contributed by atoms with E-state index in [-0.39, 0.29) is 23.2 Å². The molecule has 1 fully saturated rings. The van der Waals surface area contributed by atoms with Gasteiger partial charge in [0.25, 0.3) is 0 Å². The highest BCUT2D eigenvalue weighted by molar-refractivity contribution is 7.90. The van der Waals surface area contributed by atoms with E-state index < -0.39 is 22.6 Å². The number of benzene rings is 2. The van der Waals surface area contributed by atoms with Gasteiger partial charge in [-0.2, -0.15) is 13.2 Å². The Morgan fingerprint density at radius 3 is 2.57 bits per heavy atom. The van der Waals surface area contributed by atoms with E-state index in [4.69, 9.17) is 4.74 Å². The van der Waals surface area contributed by atoms with E-state index in [0.717, 1.165) is 37.9 Å². The van der Waals surface area contributed by atoms with Gasteiger partial charge in [-0.1, -0.05) is 12.0 Å².